The highest BCUT2D eigenvalue weighted by Gasteiger charge is 2.31. The molecule has 0 amide bonds. The second kappa shape index (κ2) is 4.80. The fourth-order valence-electron chi connectivity index (χ4n) is 1.07. The number of nitrogens with zero attached hydrogens (tertiary/aromatic N) is 1. The monoisotopic (exact) mass is 278 g/mol. The Kier molecular flexibility index (Phi) is 3.96. The molecule has 0 aliphatic carbocycles. The summed E-state index contributed by atoms with van der Waals surface area (Å²) in [4.78, 5) is 4.05. The molecule has 1 aromatic rings. The van der Waals surface area contributed by atoms with E-state index in [0.717, 1.165) is 12.1 Å². The number of hydrogen-bond donors (Lipinski definition) is 1. The quantitative estimate of drug-likeness (QED) is 0.600. The predicted molar refractivity (Wildman–Crippen MR) is 67.2 cm³/mol. The maximum atomic E-state index is 12.4. The maximum Gasteiger partial charge on any atom is 0.416 e. The van der Waals surface area contributed by atoms with Crippen molar-refractivity contribution in [1.82, 2.24) is 0 Å². The fourth-order valence-corrected chi connectivity index (χ4v) is 1.29. The second-order valence-electron chi connectivity index (χ2n) is 4.91. The Morgan fingerprint density at radius 3 is 2.17 bits per heavy atom. The van der Waals surface area contributed by atoms with Crippen molar-refractivity contribution in [2.24, 2.45) is 16.1 Å². The lowest BCUT2D eigenvalue weighted by Crippen LogP contribution is -2.28. The zero-order chi connectivity index (χ0) is 14.1. The van der Waals surface area contributed by atoms with E-state index < -0.39 is 11.7 Å². The van der Waals surface area contributed by atoms with Crippen LogP contribution < -0.4 is 5.73 Å². The van der Waals surface area contributed by atoms with Gasteiger partial charge in [-0.1, -0.05) is 32.4 Å². The molecule has 0 saturated carbocycles. The lowest BCUT2D eigenvalue weighted by molar-refractivity contribution is -0.137. The average Bonchev–Trinajstić information content (AvgIpc) is 2.17. The van der Waals surface area contributed by atoms with E-state index in [1.165, 1.54) is 6.07 Å². The standard InChI is InChI=1S/C12H14ClF3N2/c1-11(2,3)10(17)18-9-5-4-7(6-8(9)13)12(14,15)16/h4-6H,1-3H3,(H2,17,18). The van der Waals surface area contributed by atoms with Crippen molar-refractivity contribution >= 4 is 23.1 Å². The second-order valence-corrected chi connectivity index (χ2v) is 5.32. The van der Waals surface area contributed by atoms with Crippen molar-refractivity contribution < 1.29 is 13.2 Å². The van der Waals surface area contributed by atoms with Crippen LogP contribution in [0.25, 0.3) is 0 Å². The van der Waals surface area contributed by atoms with Gasteiger partial charge in [0.05, 0.1) is 16.3 Å². The van der Waals surface area contributed by atoms with Crippen molar-refractivity contribution in [2.45, 2.75) is 26.9 Å². The predicted octanol–water partition coefficient (Wildman–Crippen LogP) is 4.39. The Morgan fingerprint density at radius 1 is 1.22 bits per heavy atom. The molecule has 2 N–H and O–H groups in total. The van der Waals surface area contributed by atoms with Crippen LogP contribution in [0, 0.1) is 5.41 Å². The minimum absolute atomic E-state index is 0.0722. The molecule has 0 atom stereocenters. The van der Waals surface area contributed by atoms with Crippen LogP contribution in [0.5, 0.6) is 0 Å². The van der Waals surface area contributed by atoms with Crippen LogP contribution in [0.15, 0.2) is 23.2 Å². The van der Waals surface area contributed by atoms with Gasteiger partial charge in [0.25, 0.3) is 0 Å². The third-order valence-corrected chi connectivity index (χ3v) is 2.59. The number of rotatable bonds is 1. The lowest BCUT2D eigenvalue weighted by atomic mass is 9.95. The Morgan fingerprint density at radius 2 is 1.78 bits per heavy atom. The van der Waals surface area contributed by atoms with E-state index in [-0.39, 0.29) is 16.1 Å². The molecule has 0 heterocycles. The van der Waals surface area contributed by atoms with Gasteiger partial charge in [-0.05, 0) is 18.2 Å². The fraction of sp³-hybridized carbons (Fsp3) is 0.417. The molecule has 18 heavy (non-hydrogen) atoms. The third kappa shape index (κ3) is 3.63. The van der Waals surface area contributed by atoms with Crippen LogP contribution in [-0.2, 0) is 6.18 Å². The number of amidine groups is 1. The first-order valence-electron chi connectivity index (χ1n) is 5.23. The van der Waals surface area contributed by atoms with Crippen LogP contribution >= 0.6 is 11.6 Å². The van der Waals surface area contributed by atoms with Gasteiger partial charge in [0.2, 0.25) is 0 Å². The highest BCUT2D eigenvalue weighted by Crippen LogP contribution is 2.35. The first kappa shape index (κ1) is 14.8. The highest BCUT2D eigenvalue weighted by atomic mass is 35.5. The van der Waals surface area contributed by atoms with E-state index in [1.54, 1.807) is 0 Å². The minimum atomic E-state index is -4.42. The van der Waals surface area contributed by atoms with Crippen LogP contribution in [-0.4, -0.2) is 5.84 Å². The van der Waals surface area contributed by atoms with E-state index >= 15 is 0 Å². The van der Waals surface area contributed by atoms with E-state index in [9.17, 15) is 13.2 Å². The van der Waals surface area contributed by atoms with Crippen molar-refractivity contribution in [3.05, 3.63) is 28.8 Å². The Balaban J connectivity index is 3.16. The average molecular weight is 279 g/mol. The molecule has 1 aromatic carbocycles. The van der Waals surface area contributed by atoms with E-state index in [0.29, 0.717) is 5.84 Å². The molecule has 2 nitrogen and oxygen atoms in total. The molecule has 0 bridgehead atoms. The van der Waals surface area contributed by atoms with Crippen LogP contribution in [0.1, 0.15) is 26.3 Å². The van der Waals surface area contributed by atoms with Crippen molar-refractivity contribution in [3.63, 3.8) is 0 Å². The Bertz CT molecular complexity index is 473. The summed E-state index contributed by atoms with van der Waals surface area (Å²) in [6.07, 6.45) is -4.42. The lowest BCUT2D eigenvalue weighted by Gasteiger charge is -2.17. The zero-order valence-electron chi connectivity index (χ0n) is 10.3. The Labute approximate surface area is 109 Å². The summed E-state index contributed by atoms with van der Waals surface area (Å²) in [6.45, 7) is 5.55. The van der Waals surface area contributed by atoms with Gasteiger partial charge >= 0.3 is 6.18 Å². The molecule has 0 fully saturated rings. The number of nitrogens with two attached hydrogens (primary N) is 1. The largest absolute Gasteiger partial charge is 0.416 e. The van der Waals surface area contributed by atoms with Crippen molar-refractivity contribution in [2.75, 3.05) is 0 Å². The van der Waals surface area contributed by atoms with Gasteiger partial charge in [-0.3, -0.25) is 0 Å². The number of alkyl halides is 3. The number of benzene rings is 1. The summed E-state index contributed by atoms with van der Waals surface area (Å²) in [6, 6.07) is 2.99. The molecule has 0 saturated heterocycles. The molecule has 6 heteroatoms. The van der Waals surface area contributed by atoms with Crippen LogP contribution in [0.3, 0.4) is 0 Å². The van der Waals surface area contributed by atoms with Crippen LogP contribution in [0.4, 0.5) is 18.9 Å². The van der Waals surface area contributed by atoms with Crippen molar-refractivity contribution in [3.8, 4) is 0 Å². The number of aliphatic imine (C=N–C) groups is 1. The smallest absolute Gasteiger partial charge is 0.387 e. The first-order chi connectivity index (χ1) is 8.01. The number of hydrogen-bond acceptors (Lipinski definition) is 1. The van der Waals surface area contributed by atoms with Crippen LogP contribution in [0.2, 0.25) is 5.02 Å². The minimum Gasteiger partial charge on any atom is -0.387 e. The third-order valence-electron chi connectivity index (χ3n) is 2.28. The van der Waals surface area contributed by atoms with Crippen molar-refractivity contribution in [1.29, 1.82) is 0 Å². The van der Waals surface area contributed by atoms with Gasteiger partial charge in [-0.25, -0.2) is 4.99 Å². The molecule has 100 valence electrons. The molecule has 0 unspecified atom stereocenters. The molecule has 0 aliphatic heterocycles. The SMILES string of the molecule is CC(C)(C)C(N)=Nc1ccc(C(F)(F)F)cc1Cl. The first-order valence-corrected chi connectivity index (χ1v) is 5.61. The normalized spacial score (nSPS) is 13.8. The summed E-state index contributed by atoms with van der Waals surface area (Å²) in [5.41, 5.74) is 4.80. The topological polar surface area (TPSA) is 38.4 Å². The summed E-state index contributed by atoms with van der Waals surface area (Å²) < 4.78 is 37.3. The summed E-state index contributed by atoms with van der Waals surface area (Å²) >= 11 is 5.77. The van der Waals surface area contributed by atoms with E-state index in [4.69, 9.17) is 17.3 Å². The molecule has 0 aliphatic rings. The molecular formula is C12H14ClF3N2. The summed E-state index contributed by atoms with van der Waals surface area (Å²) in [5.74, 6) is 0.309. The zero-order valence-corrected chi connectivity index (χ0v) is 11.0. The van der Waals surface area contributed by atoms with Gasteiger partial charge in [-0.2, -0.15) is 13.2 Å². The van der Waals surface area contributed by atoms with Gasteiger partial charge in [0.15, 0.2) is 0 Å². The molecule has 0 radical (unpaired) electrons. The van der Waals surface area contributed by atoms with Gasteiger partial charge in [-0.15, -0.1) is 0 Å². The maximum absolute atomic E-state index is 12.4. The van der Waals surface area contributed by atoms with Gasteiger partial charge in [0, 0.05) is 5.41 Å². The molecule has 0 spiro atoms. The number of halogens is 4. The van der Waals surface area contributed by atoms with E-state index in [1.807, 2.05) is 20.8 Å². The molecule has 0 aromatic heterocycles. The van der Waals surface area contributed by atoms with Gasteiger partial charge < -0.3 is 5.73 Å². The Hall–Kier alpha value is -1.23. The summed E-state index contributed by atoms with van der Waals surface area (Å²) in [5, 5.41) is -0.0722. The molecule has 1 rings (SSSR count). The highest BCUT2D eigenvalue weighted by molar-refractivity contribution is 6.33. The molecular weight excluding hydrogens is 265 g/mol. The van der Waals surface area contributed by atoms with E-state index in [2.05, 4.69) is 4.99 Å². The summed E-state index contributed by atoms with van der Waals surface area (Å²) in [7, 11) is 0. The van der Waals surface area contributed by atoms with Gasteiger partial charge in [0.1, 0.15) is 5.84 Å².